The highest BCUT2D eigenvalue weighted by Gasteiger charge is 2.33. The Morgan fingerprint density at radius 2 is 1.97 bits per heavy atom. The highest BCUT2D eigenvalue weighted by Crippen LogP contribution is 2.40. The summed E-state index contributed by atoms with van der Waals surface area (Å²) in [6, 6.07) is 7.36. The second-order valence-electron chi connectivity index (χ2n) is 7.72. The Morgan fingerprint density at radius 3 is 2.67 bits per heavy atom. The van der Waals surface area contributed by atoms with Crippen LogP contribution in [0, 0.1) is 5.41 Å². The van der Waals surface area contributed by atoms with Crippen molar-refractivity contribution in [2.75, 3.05) is 26.3 Å². The third-order valence-corrected chi connectivity index (χ3v) is 5.82. The van der Waals surface area contributed by atoms with Crippen molar-refractivity contribution in [2.45, 2.75) is 52.5 Å². The Bertz CT molecular complexity index is 800. The van der Waals surface area contributed by atoms with Gasteiger partial charge in [-0.2, -0.15) is 4.98 Å². The molecule has 2 N–H and O–H groups in total. The highest BCUT2D eigenvalue weighted by atomic mass is 35.5. The lowest BCUT2D eigenvalue weighted by Gasteiger charge is -2.30. The van der Waals surface area contributed by atoms with Crippen LogP contribution in [-0.4, -0.2) is 42.4 Å². The van der Waals surface area contributed by atoms with Crippen molar-refractivity contribution in [3.63, 3.8) is 0 Å². The van der Waals surface area contributed by atoms with Crippen LogP contribution in [0.3, 0.4) is 0 Å². The second kappa shape index (κ2) is 11.3. The van der Waals surface area contributed by atoms with Gasteiger partial charge in [-0.25, -0.2) is 4.99 Å². The van der Waals surface area contributed by atoms with Crippen LogP contribution in [0.2, 0.25) is 5.02 Å². The summed E-state index contributed by atoms with van der Waals surface area (Å²) in [6.07, 6.45) is 6.14. The van der Waals surface area contributed by atoms with E-state index in [0.29, 0.717) is 23.3 Å². The predicted molar refractivity (Wildman–Crippen MR) is 120 cm³/mol. The van der Waals surface area contributed by atoms with Crippen molar-refractivity contribution in [1.29, 1.82) is 0 Å². The molecule has 164 valence electrons. The van der Waals surface area contributed by atoms with Crippen molar-refractivity contribution in [3.8, 4) is 11.4 Å². The molecule has 1 aliphatic rings. The van der Waals surface area contributed by atoms with Crippen LogP contribution in [0.5, 0.6) is 0 Å². The molecule has 2 aromatic rings. The number of guanidine groups is 1. The molecule has 1 saturated carbocycles. The lowest BCUT2D eigenvalue weighted by molar-refractivity contribution is 0.105. The largest absolute Gasteiger partial charge is 0.382 e. The molecule has 1 fully saturated rings. The molecule has 0 spiro atoms. The smallest absolute Gasteiger partial charge is 0.248 e. The number of hydrogen-bond donors (Lipinski definition) is 2. The van der Waals surface area contributed by atoms with Gasteiger partial charge < -0.3 is 19.9 Å². The third kappa shape index (κ3) is 6.44. The van der Waals surface area contributed by atoms with Crippen molar-refractivity contribution in [3.05, 3.63) is 35.2 Å². The molecule has 0 amide bonds. The average molecular weight is 434 g/mol. The van der Waals surface area contributed by atoms with Crippen LogP contribution in [-0.2, 0) is 11.3 Å². The van der Waals surface area contributed by atoms with E-state index in [0.717, 1.165) is 44.2 Å². The lowest BCUT2D eigenvalue weighted by atomic mass is 9.83. The molecule has 7 nitrogen and oxygen atoms in total. The number of ether oxygens (including phenoxy) is 1. The van der Waals surface area contributed by atoms with E-state index in [2.05, 4.69) is 32.7 Å². The molecule has 0 radical (unpaired) electrons. The van der Waals surface area contributed by atoms with E-state index in [1.807, 2.05) is 31.2 Å². The molecule has 1 aliphatic carbocycles. The van der Waals surface area contributed by atoms with Crippen LogP contribution < -0.4 is 10.6 Å². The minimum atomic E-state index is 0.289. The quantitative estimate of drug-likeness (QED) is 0.327. The number of hydrogen-bond acceptors (Lipinski definition) is 5. The van der Waals surface area contributed by atoms with E-state index in [1.54, 1.807) is 0 Å². The van der Waals surface area contributed by atoms with Crippen LogP contribution in [0.4, 0.5) is 0 Å². The van der Waals surface area contributed by atoms with Gasteiger partial charge in [-0.05, 0) is 62.8 Å². The number of nitrogens with one attached hydrogen (secondary N) is 2. The molecular weight excluding hydrogens is 402 g/mol. The Labute approximate surface area is 183 Å². The van der Waals surface area contributed by atoms with Gasteiger partial charge in [-0.15, -0.1) is 0 Å². The van der Waals surface area contributed by atoms with Gasteiger partial charge in [-0.1, -0.05) is 29.6 Å². The predicted octanol–water partition coefficient (Wildman–Crippen LogP) is 4.43. The summed E-state index contributed by atoms with van der Waals surface area (Å²) in [6.45, 7) is 7.71. The fourth-order valence-corrected chi connectivity index (χ4v) is 3.99. The Morgan fingerprint density at radius 1 is 1.20 bits per heavy atom. The van der Waals surface area contributed by atoms with Crippen molar-refractivity contribution in [1.82, 2.24) is 20.8 Å². The zero-order valence-electron chi connectivity index (χ0n) is 17.9. The zero-order chi connectivity index (χ0) is 21.2. The number of rotatable bonds is 10. The first-order valence-corrected chi connectivity index (χ1v) is 11.2. The molecule has 1 heterocycles. The first-order valence-electron chi connectivity index (χ1n) is 10.8. The van der Waals surface area contributed by atoms with Gasteiger partial charge in [0.2, 0.25) is 11.7 Å². The number of benzene rings is 1. The van der Waals surface area contributed by atoms with Gasteiger partial charge in [-0.3, -0.25) is 0 Å². The summed E-state index contributed by atoms with van der Waals surface area (Å²) in [5.41, 5.74) is 1.15. The minimum absolute atomic E-state index is 0.289. The lowest BCUT2D eigenvalue weighted by Crippen LogP contribution is -2.43. The third-order valence-electron chi connectivity index (χ3n) is 5.56. The topological polar surface area (TPSA) is 84.6 Å². The molecular formula is C22H32ClN5O2. The summed E-state index contributed by atoms with van der Waals surface area (Å²) in [5, 5.41) is 11.6. The fourth-order valence-electron chi connectivity index (χ4n) is 3.87. The summed E-state index contributed by atoms with van der Waals surface area (Å²) in [7, 11) is 0. The van der Waals surface area contributed by atoms with Crippen molar-refractivity contribution in [2.24, 2.45) is 10.4 Å². The van der Waals surface area contributed by atoms with Crippen molar-refractivity contribution >= 4 is 17.6 Å². The van der Waals surface area contributed by atoms with Crippen LogP contribution in [0.1, 0.15) is 51.8 Å². The monoisotopic (exact) mass is 433 g/mol. The number of aliphatic imine (C=N–C) groups is 1. The van der Waals surface area contributed by atoms with E-state index >= 15 is 0 Å². The number of aromatic nitrogens is 2. The van der Waals surface area contributed by atoms with Crippen LogP contribution in [0.15, 0.2) is 33.8 Å². The van der Waals surface area contributed by atoms with E-state index in [1.165, 1.54) is 25.7 Å². The van der Waals surface area contributed by atoms with Gasteiger partial charge in [0, 0.05) is 36.9 Å². The van der Waals surface area contributed by atoms with E-state index in [4.69, 9.17) is 20.9 Å². The molecule has 0 unspecified atom stereocenters. The maximum absolute atomic E-state index is 5.94. The second-order valence-corrected chi connectivity index (χ2v) is 8.16. The van der Waals surface area contributed by atoms with Crippen LogP contribution in [0.25, 0.3) is 11.4 Å². The van der Waals surface area contributed by atoms with E-state index in [9.17, 15) is 0 Å². The normalized spacial score (nSPS) is 16.0. The molecule has 3 rings (SSSR count). The molecule has 0 aliphatic heterocycles. The van der Waals surface area contributed by atoms with Gasteiger partial charge >= 0.3 is 0 Å². The van der Waals surface area contributed by atoms with E-state index in [-0.39, 0.29) is 5.41 Å². The van der Waals surface area contributed by atoms with Gasteiger partial charge in [0.15, 0.2) is 5.96 Å². The summed E-state index contributed by atoms with van der Waals surface area (Å²) >= 11 is 5.94. The van der Waals surface area contributed by atoms with Gasteiger partial charge in [0.05, 0.1) is 0 Å². The van der Waals surface area contributed by atoms with Crippen molar-refractivity contribution < 1.29 is 9.26 Å². The average Bonchev–Trinajstić information content (AvgIpc) is 3.41. The van der Waals surface area contributed by atoms with Crippen LogP contribution >= 0.6 is 11.6 Å². The van der Waals surface area contributed by atoms with Gasteiger partial charge in [0.25, 0.3) is 0 Å². The molecule has 0 atom stereocenters. The highest BCUT2D eigenvalue weighted by molar-refractivity contribution is 6.30. The fraction of sp³-hybridized carbons (Fsp3) is 0.591. The molecule has 8 heteroatoms. The standard InChI is InChI=1S/C22H32ClN5O2/c1-3-24-21(26-16-22(11-5-6-12-22)13-14-29-4-2)25-15-19-27-20(28-30-19)17-7-9-18(23)10-8-17/h7-10H,3-6,11-16H2,1-2H3,(H2,24,25,26). The Hall–Kier alpha value is -2.12. The maximum Gasteiger partial charge on any atom is 0.248 e. The SMILES string of the molecule is CCNC(=NCc1nc(-c2ccc(Cl)cc2)no1)NCC1(CCOCC)CCCC1. The molecule has 1 aromatic heterocycles. The molecule has 0 saturated heterocycles. The number of nitrogens with zero attached hydrogens (tertiary/aromatic N) is 3. The number of halogens is 1. The Balaban J connectivity index is 1.59. The zero-order valence-corrected chi connectivity index (χ0v) is 18.7. The Kier molecular flexibility index (Phi) is 8.51. The molecule has 0 bridgehead atoms. The van der Waals surface area contributed by atoms with Gasteiger partial charge in [0.1, 0.15) is 6.54 Å². The summed E-state index contributed by atoms with van der Waals surface area (Å²) in [5.74, 6) is 1.78. The summed E-state index contributed by atoms with van der Waals surface area (Å²) in [4.78, 5) is 9.08. The van der Waals surface area contributed by atoms with E-state index < -0.39 is 0 Å². The summed E-state index contributed by atoms with van der Waals surface area (Å²) < 4.78 is 11.0. The first-order chi connectivity index (χ1) is 14.6. The first kappa shape index (κ1) is 22.6. The molecule has 30 heavy (non-hydrogen) atoms. The molecule has 1 aromatic carbocycles. The maximum atomic E-state index is 5.94. The minimum Gasteiger partial charge on any atom is -0.382 e.